The molecule has 0 aromatic carbocycles. The number of alkyl halides is 13. The summed E-state index contributed by atoms with van der Waals surface area (Å²) < 4.78 is 166. The average Bonchev–Trinajstić information content (AvgIpc) is 2.34. The molecular formula is C11H9F13IN. The van der Waals surface area contributed by atoms with Crippen LogP contribution in [0.15, 0.2) is 4.99 Å². The van der Waals surface area contributed by atoms with Gasteiger partial charge >= 0.3 is 35.8 Å². The minimum absolute atomic E-state index is 0.272. The van der Waals surface area contributed by atoms with Gasteiger partial charge in [0.1, 0.15) is 3.72 Å². The van der Waals surface area contributed by atoms with Crippen LogP contribution >= 0.6 is 22.6 Å². The Morgan fingerprint density at radius 3 is 1.15 bits per heavy atom. The maximum atomic E-state index is 13.6. The van der Waals surface area contributed by atoms with E-state index in [-0.39, 0.29) is 22.6 Å². The first-order valence-electron chi connectivity index (χ1n) is 6.09. The molecule has 0 unspecified atom stereocenters. The van der Waals surface area contributed by atoms with Crippen molar-refractivity contribution < 1.29 is 57.1 Å². The SMILES string of the molecule is CC(C)(C)N=C(I)C(F)(F)C(F)(F)C(F)(F)C(F)(F)C(F)(F)C(F)(F)F. The highest BCUT2D eigenvalue weighted by Crippen LogP contribution is 2.60. The number of hydrogen-bond donors (Lipinski definition) is 0. The van der Waals surface area contributed by atoms with E-state index >= 15 is 0 Å². The third-order valence-electron chi connectivity index (χ3n) is 2.63. The molecule has 0 heterocycles. The van der Waals surface area contributed by atoms with E-state index in [1.165, 1.54) is 0 Å². The first kappa shape index (κ1) is 25.5. The fraction of sp³-hybridized carbons (Fsp3) is 0.909. The predicted molar refractivity (Wildman–Crippen MR) is 72.0 cm³/mol. The molecule has 1 nitrogen and oxygen atoms in total. The van der Waals surface area contributed by atoms with E-state index in [0.717, 1.165) is 20.8 Å². The lowest BCUT2D eigenvalue weighted by molar-refractivity contribution is -0.434. The van der Waals surface area contributed by atoms with Crippen LogP contribution in [0.1, 0.15) is 20.8 Å². The highest BCUT2D eigenvalue weighted by molar-refractivity contribution is 14.1. The van der Waals surface area contributed by atoms with Gasteiger partial charge in [0.15, 0.2) is 0 Å². The minimum Gasteiger partial charge on any atom is -0.271 e. The number of hydrogen-bond acceptors (Lipinski definition) is 1. The van der Waals surface area contributed by atoms with E-state index < -0.39 is 45.0 Å². The van der Waals surface area contributed by atoms with E-state index in [0.29, 0.717) is 0 Å². The lowest BCUT2D eigenvalue weighted by atomic mass is 9.94. The Morgan fingerprint density at radius 1 is 0.577 bits per heavy atom. The molecule has 0 aromatic rings. The fourth-order valence-electron chi connectivity index (χ4n) is 1.26. The third kappa shape index (κ3) is 3.86. The fourth-order valence-corrected chi connectivity index (χ4v) is 2.33. The summed E-state index contributed by atoms with van der Waals surface area (Å²) >= 11 is 0.272. The quantitative estimate of drug-likeness (QED) is 0.224. The van der Waals surface area contributed by atoms with Gasteiger partial charge in [0.25, 0.3) is 0 Å². The highest BCUT2D eigenvalue weighted by atomic mass is 127. The van der Waals surface area contributed by atoms with Crippen LogP contribution in [-0.4, -0.2) is 45.0 Å². The van der Waals surface area contributed by atoms with Gasteiger partial charge in [-0.15, -0.1) is 0 Å². The summed E-state index contributed by atoms with van der Waals surface area (Å²) in [6, 6.07) is 0. The molecule has 0 spiro atoms. The van der Waals surface area contributed by atoms with Crippen LogP contribution in [-0.2, 0) is 0 Å². The average molecular weight is 529 g/mol. The Balaban J connectivity index is 6.47. The second-order valence-corrected chi connectivity index (χ2v) is 6.96. The van der Waals surface area contributed by atoms with E-state index in [4.69, 9.17) is 0 Å². The summed E-state index contributed by atoms with van der Waals surface area (Å²) in [6.07, 6.45) is -7.42. The van der Waals surface area contributed by atoms with Crippen molar-refractivity contribution in [2.75, 3.05) is 0 Å². The van der Waals surface area contributed by atoms with Crippen LogP contribution in [0.25, 0.3) is 0 Å². The van der Waals surface area contributed by atoms with Crippen molar-refractivity contribution in [3.05, 3.63) is 0 Å². The Bertz CT molecular complexity index is 555. The largest absolute Gasteiger partial charge is 0.460 e. The first-order valence-corrected chi connectivity index (χ1v) is 7.17. The molecule has 0 aliphatic rings. The number of nitrogens with zero attached hydrogens (tertiary/aromatic N) is 1. The van der Waals surface area contributed by atoms with Crippen molar-refractivity contribution in [1.29, 1.82) is 0 Å². The molecule has 15 heteroatoms. The maximum Gasteiger partial charge on any atom is 0.460 e. The van der Waals surface area contributed by atoms with Crippen LogP contribution in [0.2, 0.25) is 0 Å². The maximum absolute atomic E-state index is 13.6. The minimum atomic E-state index is -7.90. The molecule has 0 atom stereocenters. The van der Waals surface area contributed by atoms with Crippen LogP contribution in [0.4, 0.5) is 57.1 Å². The van der Waals surface area contributed by atoms with Gasteiger partial charge in [0.05, 0.1) is 5.54 Å². The van der Waals surface area contributed by atoms with E-state index in [1.54, 1.807) is 0 Å². The standard InChI is InChI=1S/C11H9F13IN/c1-5(2,3)26-4(25)6(12,13)7(14,15)8(16,17)9(18,19)10(20,21)11(22,23)24/h1-3H3. The molecule has 26 heavy (non-hydrogen) atoms. The van der Waals surface area contributed by atoms with Gasteiger partial charge < -0.3 is 0 Å². The summed E-state index contributed by atoms with van der Waals surface area (Å²) in [6.45, 7) is 3.01. The van der Waals surface area contributed by atoms with Gasteiger partial charge in [-0.25, -0.2) is 0 Å². The second kappa shape index (κ2) is 6.53. The molecule has 0 bridgehead atoms. The molecular weight excluding hydrogens is 520 g/mol. The summed E-state index contributed by atoms with van der Waals surface area (Å²) in [5.74, 6) is -37.1. The zero-order valence-corrected chi connectivity index (χ0v) is 14.9. The van der Waals surface area contributed by atoms with Crippen molar-refractivity contribution in [3.63, 3.8) is 0 Å². The lowest BCUT2D eigenvalue weighted by Gasteiger charge is -2.39. The third-order valence-corrected chi connectivity index (χ3v) is 3.54. The number of rotatable bonds is 5. The summed E-state index contributed by atoms with van der Waals surface area (Å²) in [5, 5.41) is 0. The molecule has 0 radical (unpaired) electrons. The van der Waals surface area contributed by atoms with Gasteiger partial charge in [0.2, 0.25) is 0 Å². The van der Waals surface area contributed by atoms with E-state index in [1.807, 2.05) is 0 Å². The van der Waals surface area contributed by atoms with Crippen molar-refractivity contribution >= 4 is 26.3 Å². The highest BCUT2D eigenvalue weighted by Gasteiger charge is 2.91. The monoisotopic (exact) mass is 529 g/mol. The summed E-state index contributed by atoms with van der Waals surface area (Å²) in [7, 11) is 0. The van der Waals surface area contributed by atoms with Crippen molar-refractivity contribution in [3.8, 4) is 0 Å². The van der Waals surface area contributed by atoms with Gasteiger partial charge in [0, 0.05) is 0 Å². The zero-order chi connectivity index (χ0) is 21.8. The van der Waals surface area contributed by atoms with Crippen molar-refractivity contribution in [1.82, 2.24) is 0 Å². The van der Waals surface area contributed by atoms with Crippen molar-refractivity contribution in [2.45, 2.75) is 62.1 Å². The van der Waals surface area contributed by atoms with Crippen molar-refractivity contribution in [2.24, 2.45) is 4.99 Å². The lowest BCUT2D eigenvalue weighted by Crippen LogP contribution is -2.70. The molecule has 0 aliphatic heterocycles. The van der Waals surface area contributed by atoms with Gasteiger partial charge in [-0.3, -0.25) is 4.99 Å². The number of halogens is 14. The molecule has 0 aliphatic carbocycles. The van der Waals surface area contributed by atoms with Crippen LogP contribution in [0.5, 0.6) is 0 Å². The smallest absolute Gasteiger partial charge is 0.271 e. The molecule has 0 saturated carbocycles. The number of aliphatic imine (C=N–C) groups is 1. The van der Waals surface area contributed by atoms with Gasteiger partial charge in [-0.05, 0) is 43.4 Å². The summed E-state index contributed by atoms with van der Waals surface area (Å²) in [5.41, 5.74) is -1.62. The van der Waals surface area contributed by atoms with Gasteiger partial charge in [-0.2, -0.15) is 57.1 Å². The van der Waals surface area contributed by atoms with E-state index in [2.05, 4.69) is 4.99 Å². The van der Waals surface area contributed by atoms with E-state index in [9.17, 15) is 57.1 Å². The molecule has 156 valence electrons. The molecule has 0 fully saturated rings. The van der Waals surface area contributed by atoms with Crippen LogP contribution < -0.4 is 0 Å². The zero-order valence-electron chi connectivity index (χ0n) is 12.7. The Kier molecular flexibility index (Phi) is 6.40. The molecule has 0 aromatic heterocycles. The summed E-state index contributed by atoms with van der Waals surface area (Å²) in [4.78, 5) is 2.84. The normalized spacial score (nSPS) is 16.9. The van der Waals surface area contributed by atoms with Crippen LogP contribution in [0.3, 0.4) is 0 Å². The predicted octanol–water partition coefficient (Wildman–Crippen LogP) is 6.36. The second-order valence-electron chi connectivity index (χ2n) is 5.94. The molecule has 0 rings (SSSR count). The molecule has 0 N–H and O–H groups in total. The Labute approximate surface area is 151 Å². The first-order chi connectivity index (χ1) is 10.9. The molecule has 0 amide bonds. The Morgan fingerprint density at radius 2 is 0.885 bits per heavy atom. The van der Waals surface area contributed by atoms with Crippen LogP contribution in [0, 0.1) is 0 Å². The topological polar surface area (TPSA) is 12.4 Å². The van der Waals surface area contributed by atoms with Gasteiger partial charge in [-0.1, -0.05) is 0 Å². The Hall–Kier alpha value is -0.510. The molecule has 0 saturated heterocycles.